The molecule has 0 aliphatic carbocycles. The van der Waals surface area contributed by atoms with Crippen LogP contribution in [0.5, 0.6) is 5.75 Å². The van der Waals surface area contributed by atoms with Gasteiger partial charge < -0.3 is 10.1 Å². The number of carbonyl (C=O) groups excluding carboxylic acids is 1. The second-order valence-corrected chi connectivity index (χ2v) is 7.02. The van der Waals surface area contributed by atoms with E-state index in [1.807, 2.05) is 92.0 Å². The van der Waals surface area contributed by atoms with Gasteiger partial charge in [0.15, 0.2) is 5.78 Å². The molecule has 150 valence electrons. The predicted octanol–water partition coefficient (Wildman–Crippen LogP) is 5.13. The summed E-state index contributed by atoms with van der Waals surface area (Å²) in [6, 6.07) is 26.5. The molecular formula is C25H23N3O2. The van der Waals surface area contributed by atoms with E-state index >= 15 is 0 Å². The van der Waals surface area contributed by atoms with Crippen molar-refractivity contribution in [1.82, 2.24) is 9.78 Å². The van der Waals surface area contributed by atoms with Crippen molar-refractivity contribution >= 4 is 11.5 Å². The highest BCUT2D eigenvalue weighted by molar-refractivity contribution is 6.06. The Labute approximate surface area is 175 Å². The van der Waals surface area contributed by atoms with E-state index in [0.717, 1.165) is 22.6 Å². The van der Waals surface area contributed by atoms with E-state index in [9.17, 15) is 4.79 Å². The minimum atomic E-state index is -0.565. The van der Waals surface area contributed by atoms with Crippen LogP contribution in [0, 0.1) is 0 Å². The van der Waals surface area contributed by atoms with Crippen LogP contribution < -0.4 is 10.1 Å². The predicted molar refractivity (Wildman–Crippen MR) is 119 cm³/mol. The second-order valence-electron chi connectivity index (χ2n) is 7.02. The van der Waals surface area contributed by atoms with Gasteiger partial charge in [-0.3, -0.25) is 9.48 Å². The van der Waals surface area contributed by atoms with Crippen molar-refractivity contribution in [3.05, 3.63) is 102 Å². The Morgan fingerprint density at radius 2 is 1.67 bits per heavy atom. The molecule has 0 saturated heterocycles. The number of hydrogen-bond donors (Lipinski definition) is 1. The summed E-state index contributed by atoms with van der Waals surface area (Å²) in [6.45, 7) is 0. The van der Waals surface area contributed by atoms with Crippen LogP contribution in [0.1, 0.15) is 22.0 Å². The van der Waals surface area contributed by atoms with Crippen LogP contribution in [0.2, 0.25) is 0 Å². The smallest absolute Gasteiger partial charge is 0.193 e. The normalized spacial score (nSPS) is 11.7. The second kappa shape index (κ2) is 8.66. The number of rotatable bonds is 7. The van der Waals surface area contributed by atoms with Crippen LogP contribution in [-0.4, -0.2) is 22.7 Å². The zero-order valence-electron chi connectivity index (χ0n) is 16.9. The summed E-state index contributed by atoms with van der Waals surface area (Å²) in [7, 11) is 3.46. The molecule has 4 aromatic rings. The van der Waals surface area contributed by atoms with Gasteiger partial charge in [0.05, 0.1) is 12.7 Å². The molecule has 0 saturated carbocycles. The Balaban J connectivity index is 1.76. The van der Waals surface area contributed by atoms with Gasteiger partial charge in [-0.15, -0.1) is 0 Å². The number of aryl methyl sites for hydroxylation is 1. The maximum absolute atomic E-state index is 13.8. The van der Waals surface area contributed by atoms with E-state index < -0.39 is 6.04 Å². The number of nitrogens with zero attached hydrogens (tertiary/aromatic N) is 2. The van der Waals surface area contributed by atoms with Crippen molar-refractivity contribution in [2.75, 3.05) is 12.4 Å². The molecule has 0 aliphatic rings. The Kier molecular flexibility index (Phi) is 5.61. The summed E-state index contributed by atoms with van der Waals surface area (Å²) in [6.07, 6.45) is 1.79. The van der Waals surface area contributed by atoms with Crippen molar-refractivity contribution in [2.45, 2.75) is 6.04 Å². The number of benzene rings is 3. The van der Waals surface area contributed by atoms with Crippen LogP contribution in [0.4, 0.5) is 5.69 Å². The largest absolute Gasteiger partial charge is 0.497 e. The van der Waals surface area contributed by atoms with Crippen molar-refractivity contribution < 1.29 is 9.53 Å². The molecule has 1 N–H and O–H groups in total. The third-order valence-electron chi connectivity index (χ3n) is 4.92. The number of ether oxygens (including phenoxy) is 1. The molecule has 0 bridgehead atoms. The number of nitrogens with one attached hydrogen (secondary N) is 1. The van der Waals surface area contributed by atoms with Crippen LogP contribution in [0.15, 0.2) is 91.1 Å². The van der Waals surface area contributed by atoms with Crippen LogP contribution in [0.25, 0.3) is 11.3 Å². The van der Waals surface area contributed by atoms with Gasteiger partial charge in [-0.1, -0.05) is 66.7 Å². The first kappa shape index (κ1) is 19.5. The van der Waals surface area contributed by atoms with E-state index in [2.05, 4.69) is 10.4 Å². The number of Topliss-reactive ketones (excluding diaryl/α,β-unsaturated/α-hetero) is 1. The van der Waals surface area contributed by atoms with Gasteiger partial charge in [0.2, 0.25) is 0 Å². The molecule has 1 atom stereocenters. The fourth-order valence-electron chi connectivity index (χ4n) is 3.46. The molecule has 5 heteroatoms. The molecule has 0 aliphatic heterocycles. The van der Waals surface area contributed by atoms with Gasteiger partial charge >= 0.3 is 0 Å². The van der Waals surface area contributed by atoms with Crippen LogP contribution in [-0.2, 0) is 7.05 Å². The number of aromatic nitrogens is 2. The number of carbonyl (C=O) groups is 1. The quantitative estimate of drug-likeness (QED) is 0.439. The maximum atomic E-state index is 13.8. The van der Waals surface area contributed by atoms with E-state index in [4.69, 9.17) is 4.74 Å². The van der Waals surface area contributed by atoms with Crippen LogP contribution in [0.3, 0.4) is 0 Å². The lowest BCUT2D eigenvalue weighted by atomic mass is 9.95. The molecule has 5 nitrogen and oxygen atoms in total. The van der Waals surface area contributed by atoms with Crippen molar-refractivity contribution in [1.29, 1.82) is 0 Å². The number of anilines is 1. The maximum Gasteiger partial charge on any atom is 0.193 e. The topological polar surface area (TPSA) is 56.1 Å². The molecule has 1 aromatic heterocycles. The summed E-state index contributed by atoms with van der Waals surface area (Å²) in [5.41, 5.74) is 3.86. The summed E-state index contributed by atoms with van der Waals surface area (Å²) in [5.74, 6) is 0.682. The molecular weight excluding hydrogens is 374 g/mol. The lowest BCUT2D eigenvalue weighted by molar-refractivity contribution is 0.0970. The number of hydrogen-bond acceptors (Lipinski definition) is 4. The summed E-state index contributed by atoms with van der Waals surface area (Å²) in [5, 5.41) is 7.95. The lowest BCUT2D eigenvalue weighted by Gasteiger charge is -2.20. The highest BCUT2D eigenvalue weighted by Gasteiger charge is 2.26. The molecule has 1 heterocycles. The van der Waals surface area contributed by atoms with Gasteiger partial charge in [-0.25, -0.2) is 0 Å². The van der Waals surface area contributed by atoms with E-state index in [0.29, 0.717) is 11.3 Å². The molecule has 1 unspecified atom stereocenters. The lowest BCUT2D eigenvalue weighted by Crippen LogP contribution is -2.21. The highest BCUT2D eigenvalue weighted by atomic mass is 16.5. The molecule has 4 rings (SSSR count). The standard InChI is InChI=1S/C25H23N3O2/c1-28-17-22(23(27-28)18-10-5-3-6-11-18)25(29)24(19-12-7-4-8-13-19)26-20-14-9-15-21(16-20)30-2/h3-17,24,26H,1-2H3. The van der Waals surface area contributed by atoms with Gasteiger partial charge in [0.25, 0.3) is 0 Å². The molecule has 30 heavy (non-hydrogen) atoms. The molecule has 0 amide bonds. The third-order valence-corrected chi connectivity index (χ3v) is 4.92. The Morgan fingerprint density at radius 1 is 0.967 bits per heavy atom. The minimum absolute atomic E-state index is 0.0454. The Morgan fingerprint density at radius 3 is 2.37 bits per heavy atom. The first-order valence-corrected chi connectivity index (χ1v) is 9.74. The Hall–Kier alpha value is -3.86. The fourth-order valence-corrected chi connectivity index (χ4v) is 3.46. The van der Waals surface area contributed by atoms with E-state index in [1.54, 1.807) is 18.0 Å². The SMILES string of the molecule is COc1cccc(NC(C(=O)c2cn(C)nc2-c2ccccc2)c2ccccc2)c1. The molecule has 0 fully saturated rings. The zero-order chi connectivity index (χ0) is 20.9. The third kappa shape index (κ3) is 4.10. The van der Waals surface area contributed by atoms with Gasteiger partial charge in [-0.05, 0) is 17.7 Å². The van der Waals surface area contributed by atoms with Gasteiger partial charge in [-0.2, -0.15) is 5.10 Å². The average molecular weight is 397 g/mol. The van der Waals surface area contributed by atoms with Crippen LogP contribution >= 0.6 is 0 Å². The van der Waals surface area contributed by atoms with Crippen molar-refractivity contribution in [3.8, 4) is 17.0 Å². The summed E-state index contributed by atoms with van der Waals surface area (Å²) >= 11 is 0. The molecule has 0 spiro atoms. The molecule has 3 aromatic carbocycles. The number of ketones is 1. The van der Waals surface area contributed by atoms with Gasteiger partial charge in [0, 0.05) is 30.6 Å². The monoisotopic (exact) mass is 397 g/mol. The van der Waals surface area contributed by atoms with E-state index in [-0.39, 0.29) is 5.78 Å². The summed E-state index contributed by atoms with van der Waals surface area (Å²) < 4.78 is 7.01. The average Bonchev–Trinajstić information content (AvgIpc) is 3.20. The molecule has 0 radical (unpaired) electrons. The minimum Gasteiger partial charge on any atom is -0.497 e. The first-order valence-electron chi connectivity index (χ1n) is 9.74. The zero-order valence-corrected chi connectivity index (χ0v) is 16.9. The Bertz CT molecular complexity index is 1140. The summed E-state index contributed by atoms with van der Waals surface area (Å²) in [4.78, 5) is 13.8. The fraction of sp³-hybridized carbons (Fsp3) is 0.120. The van der Waals surface area contributed by atoms with E-state index in [1.165, 1.54) is 0 Å². The van der Waals surface area contributed by atoms with Crippen molar-refractivity contribution in [2.24, 2.45) is 7.05 Å². The highest BCUT2D eigenvalue weighted by Crippen LogP contribution is 2.30. The first-order chi connectivity index (χ1) is 14.7. The van der Waals surface area contributed by atoms with Crippen molar-refractivity contribution in [3.63, 3.8) is 0 Å². The van der Waals surface area contributed by atoms with Gasteiger partial charge in [0.1, 0.15) is 17.5 Å². The number of methoxy groups -OCH3 is 1.